The minimum absolute atomic E-state index is 0.00707. The van der Waals surface area contributed by atoms with E-state index in [4.69, 9.17) is 27.9 Å². The lowest BCUT2D eigenvalue weighted by Crippen LogP contribution is -2.62. The maximum absolute atomic E-state index is 13.2. The van der Waals surface area contributed by atoms with Crippen molar-refractivity contribution in [2.24, 2.45) is 0 Å². The Bertz CT molecular complexity index is 1060. The summed E-state index contributed by atoms with van der Waals surface area (Å²) in [6, 6.07) is 5.52. The van der Waals surface area contributed by atoms with E-state index in [1.807, 2.05) is 28.0 Å². The first-order valence-corrected chi connectivity index (χ1v) is 12.8. The number of hydrogen-bond donors (Lipinski definition) is 2. The first-order chi connectivity index (χ1) is 16.5. The molecule has 0 radical (unpaired) electrons. The number of likely N-dealkylation sites (tertiary alicyclic amines) is 2. The number of hydrogen-bond acceptors (Lipinski definition) is 4. The first-order valence-electron chi connectivity index (χ1n) is 11.9. The molecule has 0 aliphatic carbocycles. The van der Waals surface area contributed by atoms with Gasteiger partial charge in [-0.2, -0.15) is 0 Å². The van der Waals surface area contributed by atoms with Gasteiger partial charge in [0.15, 0.2) is 0 Å². The highest BCUT2D eigenvalue weighted by Crippen LogP contribution is 2.37. The summed E-state index contributed by atoms with van der Waals surface area (Å²) in [7, 11) is 0. The number of rotatable bonds is 4. The van der Waals surface area contributed by atoms with Crippen molar-refractivity contribution in [3.05, 3.63) is 35.0 Å². The van der Waals surface area contributed by atoms with E-state index < -0.39 is 0 Å². The molecule has 3 saturated heterocycles. The monoisotopic (exact) mass is 508 g/mol. The van der Waals surface area contributed by atoms with Crippen LogP contribution in [0.15, 0.2) is 24.4 Å². The maximum atomic E-state index is 13.2. The van der Waals surface area contributed by atoms with Crippen molar-refractivity contribution in [1.29, 1.82) is 0 Å². The third-order valence-electron chi connectivity index (χ3n) is 7.41. The van der Waals surface area contributed by atoms with Gasteiger partial charge in [0.05, 0.1) is 24.8 Å². The molecule has 3 amide bonds. The Hall–Kier alpha value is -2.00. The van der Waals surface area contributed by atoms with Crippen LogP contribution in [0.1, 0.15) is 36.8 Å². The highest BCUT2D eigenvalue weighted by atomic mass is 35.5. The number of nitrogens with zero attached hydrogens (tertiary/aromatic N) is 3. The molecule has 184 valence electrons. The second-order valence-corrected chi connectivity index (χ2v) is 10.2. The Labute approximate surface area is 208 Å². The molecule has 34 heavy (non-hydrogen) atoms. The number of aliphatic hydroxyl groups excluding tert-OH is 1. The molecule has 1 aromatic carbocycles. The Morgan fingerprint density at radius 2 is 1.97 bits per heavy atom. The van der Waals surface area contributed by atoms with E-state index in [2.05, 4.69) is 16.1 Å². The van der Waals surface area contributed by atoms with Gasteiger partial charge in [0.2, 0.25) is 5.91 Å². The highest BCUT2D eigenvalue weighted by Gasteiger charge is 2.38. The van der Waals surface area contributed by atoms with E-state index in [1.165, 1.54) is 5.56 Å². The summed E-state index contributed by atoms with van der Waals surface area (Å²) in [4.78, 5) is 28.7. The van der Waals surface area contributed by atoms with Gasteiger partial charge in [0, 0.05) is 54.2 Å². The number of aliphatic hydroxyl groups is 1. The minimum Gasteiger partial charge on any atom is -0.394 e. The molecule has 2 N–H and O–H groups in total. The number of morpholine rings is 1. The third kappa shape index (κ3) is 4.49. The van der Waals surface area contributed by atoms with E-state index in [0.717, 1.165) is 30.2 Å². The number of carbonyl (C=O) groups is 2. The minimum atomic E-state index is -0.201. The third-order valence-corrected chi connectivity index (χ3v) is 8.00. The molecule has 3 atom stereocenters. The number of halogens is 2. The number of benzene rings is 1. The van der Waals surface area contributed by atoms with Crippen LogP contribution >= 0.6 is 23.2 Å². The molecule has 0 saturated carbocycles. The van der Waals surface area contributed by atoms with E-state index in [1.54, 1.807) is 0 Å². The molecule has 4 heterocycles. The van der Waals surface area contributed by atoms with Crippen LogP contribution in [-0.4, -0.2) is 88.8 Å². The average molecular weight is 509 g/mol. The number of urea groups is 1. The summed E-state index contributed by atoms with van der Waals surface area (Å²) >= 11 is 12.4. The zero-order valence-corrected chi connectivity index (χ0v) is 20.5. The Morgan fingerprint density at radius 3 is 2.71 bits per heavy atom. The number of alkyl halides is 1. The zero-order valence-electron chi connectivity index (χ0n) is 19.0. The van der Waals surface area contributed by atoms with Crippen LogP contribution < -0.4 is 5.32 Å². The molecule has 3 aliphatic heterocycles. The fraction of sp³-hybridized carbons (Fsp3) is 0.583. The van der Waals surface area contributed by atoms with Crippen molar-refractivity contribution in [2.45, 2.75) is 43.4 Å². The van der Waals surface area contributed by atoms with Gasteiger partial charge >= 0.3 is 6.03 Å². The summed E-state index contributed by atoms with van der Waals surface area (Å²) in [5.74, 6) is 0.490. The quantitative estimate of drug-likeness (QED) is 0.621. The normalized spacial score (nSPS) is 24.7. The number of fused-ring (bicyclic) bond motifs is 2. The van der Waals surface area contributed by atoms with Crippen molar-refractivity contribution in [1.82, 2.24) is 19.7 Å². The van der Waals surface area contributed by atoms with Crippen LogP contribution in [0.25, 0.3) is 10.9 Å². The standard InChI is InChI=1S/C24H30Cl2N4O4/c25-10-17(13-31)30-11-19(18-9-16(26)1-2-21(18)30)15-3-6-28(7-4-15)24(33)29-8-5-22-20(12-29)27-23(32)14-34-22/h1-2,9,11,15,17,20,22,31H,3-8,10,12-14H2,(H,27,32)/t17?,20?,22-/m0/s1. The molecule has 0 spiro atoms. The summed E-state index contributed by atoms with van der Waals surface area (Å²) < 4.78 is 7.66. The Balaban J connectivity index is 1.28. The fourth-order valence-corrected chi connectivity index (χ4v) is 5.97. The van der Waals surface area contributed by atoms with Gasteiger partial charge in [0.1, 0.15) is 6.61 Å². The molecule has 1 aromatic heterocycles. The molecule has 3 aliphatic rings. The van der Waals surface area contributed by atoms with Crippen molar-refractivity contribution in [3.8, 4) is 0 Å². The number of amides is 3. The smallest absolute Gasteiger partial charge is 0.320 e. The number of aromatic nitrogens is 1. The molecule has 3 fully saturated rings. The molecular formula is C24H30Cl2N4O4. The van der Waals surface area contributed by atoms with Crippen LogP contribution in [0.5, 0.6) is 0 Å². The number of ether oxygens (including phenoxy) is 1. The molecule has 2 aromatic rings. The summed E-state index contributed by atoms with van der Waals surface area (Å²) in [6.07, 6.45) is 4.53. The highest BCUT2D eigenvalue weighted by molar-refractivity contribution is 6.31. The molecule has 0 bridgehead atoms. The summed E-state index contributed by atoms with van der Waals surface area (Å²) in [5.41, 5.74) is 2.20. The van der Waals surface area contributed by atoms with Crippen molar-refractivity contribution < 1.29 is 19.4 Å². The number of carbonyl (C=O) groups excluding carboxylic acids is 2. The SMILES string of the molecule is O=C1CO[C@H]2CCN(C(=O)N3CCC(c4cn(C(CO)CCl)c5ccc(Cl)cc45)CC3)CC2N1. The van der Waals surface area contributed by atoms with Crippen molar-refractivity contribution in [2.75, 3.05) is 45.3 Å². The molecule has 2 unspecified atom stereocenters. The van der Waals surface area contributed by atoms with Gasteiger partial charge in [-0.1, -0.05) is 11.6 Å². The lowest BCUT2D eigenvalue weighted by Gasteiger charge is -2.43. The molecule has 8 nitrogen and oxygen atoms in total. The van der Waals surface area contributed by atoms with E-state index in [9.17, 15) is 14.7 Å². The van der Waals surface area contributed by atoms with Crippen LogP contribution in [0.3, 0.4) is 0 Å². The fourth-order valence-electron chi connectivity index (χ4n) is 5.55. The van der Waals surface area contributed by atoms with Gasteiger partial charge in [-0.15, -0.1) is 11.6 Å². The summed E-state index contributed by atoms with van der Waals surface area (Å²) in [6.45, 7) is 2.54. The lowest BCUT2D eigenvalue weighted by molar-refractivity contribution is -0.139. The van der Waals surface area contributed by atoms with Crippen molar-refractivity contribution >= 4 is 46.0 Å². The van der Waals surface area contributed by atoms with Gasteiger partial charge in [0.25, 0.3) is 0 Å². The van der Waals surface area contributed by atoms with Gasteiger partial charge in [-0.05, 0) is 48.9 Å². The topological polar surface area (TPSA) is 87.0 Å². The van der Waals surface area contributed by atoms with Crippen LogP contribution in [0.2, 0.25) is 5.02 Å². The summed E-state index contributed by atoms with van der Waals surface area (Å²) in [5, 5.41) is 14.5. The molecular weight excluding hydrogens is 479 g/mol. The second-order valence-electron chi connectivity index (χ2n) is 9.45. The van der Waals surface area contributed by atoms with E-state index >= 15 is 0 Å². The van der Waals surface area contributed by atoms with E-state index in [-0.39, 0.29) is 49.3 Å². The predicted octanol–water partition coefficient (Wildman–Crippen LogP) is 2.96. The number of nitrogens with one attached hydrogen (secondary N) is 1. The lowest BCUT2D eigenvalue weighted by atomic mass is 9.89. The van der Waals surface area contributed by atoms with E-state index in [0.29, 0.717) is 37.1 Å². The van der Waals surface area contributed by atoms with Crippen LogP contribution in [-0.2, 0) is 9.53 Å². The van der Waals surface area contributed by atoms with Gasteiger partial charge < -0.3 is 29.5 Å². The van der Waals surface area contributed by atoms with Gasteiger partial charge in [-0.25, -0.2) is 4.79 Å². The van der Waals surface area contributed by atoms with Crippen LogP contribution in [0.4, 0.5) is 4.79 Å². The molecule has 5 rings (SSSR count). The second kappa shape index (κ2) is 9.93. The largest absolute Gasteiger partial charge is 0.394 e. The number of piperidine rings is 2. The first kappa shape index (κ1) is 23.7. The predicted molar refractivity (Wildman–Crippen MR) is 131 cm³/mol. The zero-order chi connectivity index (χ0) is 23.8. The van der Waals surface area contributed by atoms with Gasteiger partial charge in [-0.3, -0.25) is 4.79 Å². The van der Waals surface area contributed by atoms with Crippen LogP contribution in [0, 0.1) is 0 Å². The maximum Gasteiger partial charge on any atom is 0.320 e. The Kier molecular flexibility index (Phi) is 6.93. The molecule has 10 heteroatoms. The average Bonchev–Trinajstić information content (AvgIpc) is 3.22. The van der Waals surface area contributed by atoms with Crippen molar-refractivity contribution in [3.63, 3.8) is 0 Å². The Morgan fingerprint density at radius 1 is 1.21 bits per heavy atom.